The maximum Gasteiger partial charge on any atom is -0.00584 e. The van der Waals surface area contributed by atoms with Gasteiger partial charge in [0, 0.05) is 0 Å². The van der Waals surface area contributed by atoms with Crippen molar-refractivity contribution in [1.82, 2.24) is 0 Å². The van der Waals surface area contributed by atoms with Crippen LogP contribution in [0.25, 0.3) is 0 Å². The Bertz CT molecular complexity index is 159. The molecule has 0 amide bonds. The lowest BCUT2D eigenvalue weighted by molar-refractivity contribution is 0.437. The Kier molecular flexibility index (Phi) is 0.456. The number of hydrogen-bond donors (Lipinski definition) is 0. The number of fused-ring (bicyclic) bond motifs is 1. The summed E-state index contributed by atoms with van der Waals surface area (Å²) < 4.78 is 0. The molecule has 0 heteroatoms. The Balaban J connectivity index is 2.26. The monoisotopic (exact) mass is 108 g/mol. The first-order chi connectivity index (χ1) is 3.65. The Morgan fingerprint density at radius 3 is 2.12 bits per heavy atom. The lowest BCUT2D eigenvalue weighted by atomic mass is 9.91. The van der Waals surface area contributed by atoms with Crippen molar-refractivity contribution in [3.05, 3.63) is 12.7 Å². The van der Waals surface area contributed by atoms with E-state index in [4.69, 9.17) is 0 Å². The van der Waals surface area contributed by atoms with E-state index >= 15 is 0 Å². The molecule has 3 unspecified atom stereocenters. The summed E-state index contributed by atoms with van der Waals surface area (Å²) in [5.41, 5.74) is 1.25. The van der Waals surface area contributed by atoms with Crippen LogP contribution in [0.3, 0.4) is 0 Å². The molecule has 0 aromatic heterocycles. The third kappa shape index (κ3) is 0.211. The highest BCUT2D eigenvalue weighted by atomic mass is 14.9. The lowest BCUT2D eigenvalue weighted by Crippen LogP contribution is -2.05. The van der Waals surface area contributed by atoms with Crippen LogP contribution in [0, 0.1) is 16.7 Å². The zero-order chi connectivity index (χ0) is 5.99. The van der Waals surface area contributed by atoms with Gasteiger partial charge in [0.25, 0.3) is 0 Å². The average molecular weight is 108 g/mol. The molecule has 0 nitrogen and oxygen atoms in total. The smallest absolute Gasteiger partial charge is 0.00584 e. The zero-order valence-corrected chi connectivity index (χ0v) is 5.57. The van der Waals surface area contributed by atoms with Crippen LogP contribution in [-0.2, 0) is 0 Å². The summed E-state index contributed by atoms with van der Waals surface area (Å²) in [5, 5.41) is 0. The summed E-state index contributed by atoms with van der Waals surface area (Å²) in [4.78, 5) is 0. The van der Waals surface area contributed by atoms with Crippen LogP contribution in [0.4, 0.5) is 0 Å². The van der Waals surface area contributed by atoms with Gasteiger partial charge in [-0.25, -0.2) is 0 Å². The molecule has 2 aliphatic rings. The van der Waals surface area contributed by atoms with E-state index in [2.05, 4.69) is 26.5 Å². The number of rotatable bonds is 1. The first kappa shape index (κ1) is 4.60. The maximum absolute atomic E-state index is 3.82. The molecule has 2 saturated carbocycles. The van der Waals surface area contributed by atoms with Crippen molar-refractivity contribution in [3.8, 4) is 0 Å². The van der Waals surface area contributed by atoms with Gasteiger partial charge in [-0.2, -0.15) is 0 Å². The van der Waals surface area contributed by atoms with Crippen molar-refractivity contribution in [3.63, 3.8) is 0 Å². The minimum absolute atomic E-state index is 0.549. The van der Waals surface area contributed by atoms with Gasteiger partial charge >= 0.3 is 0 Å². The quantitative estimate of drug-likeness (QED) is 0.452. The van der Waals surface area contributed by atoms with E-state index in [1.807, 2.05) is 0 Å². The summed E-state index contributed by atoms with van der Waals surface area (Å²) in [5.74, 6) is 1.01. The van der Waals surface area contributed by atoms with Crippen molar-refractivity contribution in [2.45, 2.75) is 20.3 Å². The zero-order valence-electron chi connectivity index (χ0n) is 5.57. The summed E-state index contributed by atoms with van der Waals surface area (Å²) in [6, 6.07) is 0. The van der Waals surface area contributed by atoms with Gasteiger partial charge < -0.3 is 0 Å². The van der Waals surface area contributed by atoms with Crippen LogP contribution in [-0.4, -0.2) is 0 Å². The Labute approximate surface area is 50.6 Å². The van der Waals surface area contributed by atoms with Crippen molar-refractivity contribution >= 4 is 0 Å². The van der Waals surface area contributed by atoms with Gasteiger partial charge in [0.05, 0.1) is 0 Å². The van der Waals surface area contributed by atoms with Crippen molar-refractivity contribution < 1.29 is 0 Å². The fourth-order valence-corrected chi connectivity index (χ4v) is 2.06. The van der Waals surface area contributed by atoms with Gasteiger partial charge in [0.1, 0.15) is 0 Å². The van der Waals surface area contributed by atoms with Crippen molar-refractivity contribution in [2.24, 2.45) is 16.7 Å². The summed E-state index contributed by atoms with van der Waals surface area (Å²) in [6.45, 7) is 8.49. The van der Waals surface area contributed by atoms with Crippen LogP contribution in [0.1, 0.15) is 20.3 Å². The minimum Gasteiger partial charge on any atom is -0.103 e. The van der Waals surface area contributed by atoms with Gasteiger partial charge in [-0.05, 0) is 23.2 Å². The predicted molar refractivity (Wildman–Crippen MR) is 34.5 cm³/mol. The Morgan fingerprint density at radius 1 is 1.62 bits per heavy atom. The van der Waals surface area contributed by atoms with Gasteiger partial charge in [0.2, 0.25) is 0 Å². The Hall–Kier alpha value is -0.260. The van der Waals surface area contributed by atoms with E-state index in [-0.39, 0.29) is 0 Å². The molecular formula is C8H12. The van der Waals surface area contributed by atoms with E-state index in [1.54, 1.807) is 0 Å². The fourth-order valence-electron chi connectivity index (χ4n) is 2.06. The van der Waals surface area contributed by atoms with E-state index in [0.29, 0.717) is 10.8 Å². The topological polar surface area (TPSA) is 0 Å². The SMILES string of the molecule is C=CC1(C)C2CC21C. The molecule has 2 fully saturated rings. The molecule has 0 heterocycles. The van der Waals surface area contributed by atoms with Crippen molar-refractivity contribution in [1.29, 1.82) is 0 Å². The normalized spacial score (nSPS) is 66.5. The molecule has 0 bridgehead atoms. The van der Waals surface area contributed by atoms with Gasteiger partial charge in [-0.15, -0.1) is 6.58 Å². The summed E-state index contributed by atoms with van der Waals surface area (Å²) in [7, 11) is 0. The van der Waals surface area contributed by atoms with E-state index < -0.39 is 0 Å². The second-order valence-corrected chi connectivity index (χ2v) is 3.66. The van der Waals surface area contributed by atoms with Crippen LogP contribution in [0.5, 0.6) is 0 Å². The standard InChI is InChI=1S/C8H12/c1-4-7(2)6-5-8(6,7)3/h4,6H,1,5H2,2-3H3. The van der Waals surface area contributed by atoms with Crippen LogP contribution >= 0.6 is 0 Å². The largest absolute Gasteiger partial charge is 0.103 e. The molecule has 0 aromatic rings. The molecule has 2 rings (SSSR count). The highest BCUT2D eigenvalue weighted by molar-refractivity contribution is 5.36. The van der Waals surface area contributed by atoms with Gasteiger partial charge in [-0.1, -0.05) is 19.9 Å². The molecule has 0 aromatic carbocycles. The van der Waals surface area contributed by atoms with Gasteiger partial charge in [-0.3, -0.25) is 0 Å². The molecule has 8 heavy (non-hydrogen) atoms. The third-order valence-corrected chi connectivity index (χ3v) is 3.53. The first-order valence-corrected chi connectivity index (χ1v) is 3.29. The molecule has 0 spiro atoms. The molecule has 0 saturated heterocycles. The average Bonchev–Trinajstić information content (AvgIpc) is 2.52. The molecule has 44 valence electrons. The molecule has 3 atom stereocenters. The fraction of sp³-hybridized carbons (Fsp3) is 0.750. The summed E-state index contributed by atoms with van der Waals surface area (Å²) in [6.07, 6.45) is 3.58. The van der Waals surface area contributed by atoms with E-state index in [0.717, 1.165) is 5.92 Å². The molecule has 0 radical (unpaired) electrons. The lowest BCUT2D eigenvalue weighted by Gasteiger charge is -2.13. The molecule has 0 N–H and O–H groups in total. The predicted octanol–water partition coefficient (Wildman–Crippen LogP) is 2.22. The minimum atomic E-state index is 0.549. The van der Waals surface area contributed by atoms with Gasteiger partial charge in [0.15, 0.2) is 0 Å². The highest BCUT2D eigenvalue weighted by Gasteiger charge is 2.81. The van der Waals surface area contributed by atoms with Crippen molar-refractivity contribution in [2.75, 3.05) is 0 Å². The first-order valence-electron chi connectivity index (χ1n) is 3.29. The second kappa shape index (κ2) is 0.792. The molecule has 0 aliphatic heterocycles. The molecule has 2 aliphatic carbocycles. The number of allylic oxidation sites excluding steroid dienone is 1. The third-order valence-electron chi connectivity index (χ3n) is 3.53. The second-order valence-electron chi connectivity index (χ2n) is 3.66. The Morgan fingerprint density at radius 2 is 2.12 bits per heavy atom. The number of hydrogen-bond acceptors (Lipinski definition) is 0. The summed E-state index contributed by atoms with van der Waals surface area (Å²) >= 11 is 0. The maximum atomic E-state index is 3.82. The highest BCUT2D eigenvalue weighted by Crippen LogP contribution is 2.87. The molecular weight excluding hydrogens is 96.1 g/mol. The van der Waals surface area contributed by atoms with Crippen LogP contribution in [0.15, 0.2) is 12.7 Å². The van der Waals surface area contributed by atoms with Crippen LogP contribution < -0.4 is 0 Å². The van der Waals surface area contributed by atoms with E-state index in [9.17, 15) is 0 Å². The van der Waals surface area contributed by atoms with E-state index in [1.165, 1.54) is 6.42 Å². The van der Waals surface area contributed by atoms with Crippen LogP contribution in [0.2, 0.25) is 0 Å².